The molecule has 0 aliphatic rings. The largest absolute Gasteiger partial charge is 0.299 e. The first kappa shape index (κ1) is 26.5. The molecular weight excluding hydrogens is 581 g/mol. The van der Waals surface area contributed by atoms with E-state index in [-0.39, 0.29) is 0 Å². The minimum absolute atomic E-state index is 0.651. The summed E-state index contributed by atoms with van der Waals surface area (Å²) in [5, 5.41) is 1.27. The number of hydrogen-bond donors (Lipinski definition) is 0. The molecule has 0 spiro atoms. The van der Waals surface area contributed by atoms with Gasteiger partial charge in [-0.3, -0.25) is 4.40 Å². The lowest BCUT2D eigenvalue weighted by Gasteiger charge is -2.10. The Morgan fingerprint density at radius 1 is 0.391 bits per heavy atom. The van der Waals surface area contributed by atoms with Crippen LogP contribution in [0.4, 0.5) is 0 Å². The average Bonchev–Trinajstić information content (AvgIpc) is 3.67. The maximum atomic E-state index is 4.93. The Kier molecular flexibility index (Phi) is 6.28. The number of rotatable bonds is 5. The van der Waals surface area contributed by atoms with Crippen molar-refractivity contribution >= 4 is 37.3 Å². The summed E-state index contributed by atoms with van der Waals surface area (Å²) < 4.78 is 3.70. The number of thiazole rings is 1. The van der Waals surface area contributed by atoms with Crippen molar-refractivity contribution in [2.75, 3.05) is 0 Å². The zero-order valence-electron chi connectivity index (χ0n) is 24.7. The standard InChI is InChI=1S/C41H26N4S/c1-3-12-29(13-4-1)38-42-39(30-14-5-2-6-15-30)44-40(43-38)32-17-11-16-31(26-32)27-22-24-28(25-23-27)37-33-18-7-8-19-34(33)45-35-20-9-10-21-36(35)46-41(37)45/h1-26H. The summed E-state index contributed by atoms with van der Waals surface area (Å²) in [5.74, 6) is 1.97. The Hall–Kier alpha value is -5.91. The Bertz CT molecular complexity index is 2460. The number of benzene rings is 6. The summed E-state index contributed by atoms with van der Waals surface area (Å²) in [7, 11) is 0. The molecule has 0 saturated carbocycles. The van der Waals surface area contributed by atoms with Crippen LogP contribution >= 0.6 is 11.3 Å². The first-order valence-electron chi connectivity index (χ1n) is 15.3. The highest BCUT2D eigenvalue weighted by Crippen LogP contribution is 2.42. The molecule has 0 saturated heterocycles. The molecule has 216 valence electrons. The van der Waals surface area contributed by atoms with Gasteiger partial charge in [0.05, 0.1) is 15.7 Å². The number of para-hydroxylation sites is 2. The van der Waals surface area contributed by atoms with Gasteiger partial charge in [-0.2, -0.15) is 0 Å². The first-order valence-corrected chi connectivity index (χ1v) is 16.1. The van der Waals surface area contributed by atoms with Crippen LogP contribution in [-0.4, -0.2) is 19.4 Å². The van der Waals surface area contributed by atoms with Crippen molar-refractivity contribution < 1.29 is 0 Å². The molecule has 46 heavy (non-hydrogen) atoms. The molecular formula is C41H26N4S. The van der Waals surface area contributed by atoms with Gasteiger partial charge in [0.1, 0.15) is 4.83 Å². The fraction of sp³-hybridized carbons (Fsp3) is 0. The molecule has 9 aromatic rings. The van der Waals surface area contributed by atoms with Crippen molar-refractivity contribution in [2.45, 2.75) is 0 Å². The van der Waals surface area contributed by atoms with Gasteiger partial charge >= 0.3 is 0 Å². The van der Waals surface area contributed by atoms with Crippen molar-refractivity contribution in [3.63, 3.8) is 0 Å². The summed E-state index contributed by atoms with van der Waals surface area (Å²) in [6.07, 6.45) is 0. The molecule has 4 nitrogen and oxygen atoms in total. The third-order valence-electron chi connectivity index (χ3n) is 8.47. The van der Waals surface area contributed by atoms with E-state index in [1.807, 2.05) is 72.0 Å². The Morgan fingerprint density at radius 2 is 0.913 bits per heavy atom. The van der Waals surface area contributed by atoms with E-state index in [9.17, 15) is 0 Å². The Labute approximate surface area is 269 Å². The monoisotopic (exact) mass is 606 g/mol. The lowest BCUT2D eigenvalue weighted by molar-refractivity contribution is 1.07. The SMILES string of the molecule is c1ccc(-c2nc(-c3ccccc3)nc(-c3cccc(-c4ccc(-c5c6ccccc6n6c5sc5ccccc56)cc4)c3)n2)cc1. The molecule has 0 fully saturated rings. The first-order chi connectivity index (χ1) is 22.8. The van der Waals surface area contributed by atoms with Gasteiger partial charge in [0.2, 0.25) is 0 Å². The van der Waals surface area contributed by atoms with Crippen LogP contribution in [0.1, 0.15) is 0 Å². The van der Waals surface area contributed by atoms with Crippen LogP contribution in [0.2, 0.25) is 0 Å². The second-order valence-corrected chi connectivity index (χ2v) is 12.3. The fourth-order valence-corrected chi connectivity index (χ4v) is 7.51. The summed E-state index contributed by atoms with van der Waals surface area (Å²) in [5.41, 5.74) is 10.1. The van der Waals surface area contributed by atoms with Gasteiger partial charge in [-0.1, -0.05) is 133 Å². The van der Waals surface area contributed by atoms with Gasteiger partial charge < -0.3 is 0 Å². The third kappa shape index (κ3) is 4.48. The molecule has 0 aliphatic carbocycles. The van der Waals surface area contributed by atoms with Crippen molar-refractivity contribution in [1.29, 1.82) is 0 Å². The predicted octanol–water partition coefficient (Wildman–Crippen LogP) is 10.8. The molecule has 0 bridgehead atoms. The van der Waals surface area contributed by atoms with Crippen LogP contribution in [0, 0.1) is 0 Å². The van der Waals surface area contributed by atoms with Crippen LogP contribution < -0.4 is 0 Å². The highest BCUT2D eigenvalue weighted by molar-refractivity contribution is 7.24. The van der Waals surface area contributed by atoms with Crippen molar-refractivity contribution in [3.05, 3.63) is 158 Å². The zero-order chi connectivity index (χ0) is 30.5. The van der Waals surface area contributed by atoms with Crippen LogP contribution in [0.25, 0.3) is 82.4 Å². The second kappa shape index (κ2) is 10.9. The number of fused-ring (bicyclic) bond motifs is 5. The zero-order valence-corrected chi connectivity index (χ0v) is 25.5. The molecule has 0 atom stereocenters. The quantitative estimate of drug-likeness (QED) is 0.196. The maximum absolute atomic E-state index is 4.93. The molecule has 0 aliphatic heterocycles. The van der Waals surface area contributed by atoms with Crippen LogP contribution in [0.5, 0.6) is 0 Å². The van der Waals surface area contributed by atoms with E-state index >= 15 is 0 Å². The summed E-state index contributed by atoms with van der Waals surface area (Å²) in [4.78, 5) is 16.0. The second-order valence-electron chi connectivity index (χ2n) is 11.3. The molecule has 0 unspecified atom stereocenters. The third-order valence-corrected chi connectivity index (χ3v) is 9.62. The highest BCUT2D eigenvalue weighted by atomic mass is 32.1. The summed E-state index contributed by atoms with van der Waals surface area (Å²) >= 11 is 1.85. The van der Waals surface area contributed by atoms with Crippen molar-refractivity contribution in [1.82, 2.24) is 19.4 Å². The maximum Gasteiger partial charge on any atom is 0.164 e. The van der Waals surface area contributed by atoms with Gasteiger partial charge in [-0.05, 0) is 41.0 Å². The lowest BCUT2D eigenvalue weighted by atomic mass is 9.98. The topological polar surface area (TPSA) is 43.1 Å². The molecule has 0 radical (unpaired) electrons. The fourth-order valence-electron chi connectivity index (χ4n) is 6.27. The minimum atomic E-state index is 0.651. The minimum Gasteiger partial charge on any atom is -0.299 e. The van der Waals surface area contributed by atoms with E-state index in [1.165, 1.54) is 37.1 Å². The summed E-state index contributed by atoms with van der Waals surface area (Å²) in [6.45, 7) is 0. The number of aromatic nitrogens is 4. The lowest BCUT2D eigenvalue weighted by Crippen LogP contribution is -2.00. The molecule has 3 heterocycles. The van der Waals surface area contributed by atoms with Crippen molar-refractivity contribution in [2.24, 2.45) is 0 Å². The highest BCUT2D eigenvalue weighted by Gasteiger charge is 2.18. The molecule has 3 aromatic heterocycles. The molecule has 5 heteroatoms. The van der Waals surface area contributed by atoms with E-state index in [2.05, 4.69) is 101 Å². The van der Waals surface area contributed by atoms with Crippen molar-refractivity contribution in [3.8, 4) is 56.4 Å². The van der Waals surface area contributed by atoms with Gasteiger partial charge in [0.15, 0.2) is 17.5 Å². The Balaban J connectivity index is 1.13. The van der Waals surface area contributed by atoms with E-state index in [1.54, 1.807) is 0 Å². The van der Waals surface area contributed by atoms with E-state index in [0.717, 1.165) is 27.8 Å². The molecule has 0 N–H and O–H groups in total. The molecule has 9 rings (SSSR count). The smallest absolute Gasteiger partial charge is 0.164 e. The number of nitrogens with zero attached hydrogens (tertiary/aromatic N) is 4. The van der Waals surface area contributed by atoms with Gasteiger partial charge in [0, 0.05) is 27.6 Å². The Morgan fingerprint density at radius 3 is 1.61 bits per heavy atom. The van der Waals surface area contributed by atoms with Crippen LogP contribution in [-0.2, 0) is 0 Å². The van der Waals surface area contributed by atoms with Crippen LogP contribution in [0.15, 0.2) is 158 Å². The predicted molar refractivity (Wildman–Crippen MR) is 191 cm³/mol. The van der Waals surface area contributed by atoms with Gasteiger partial charge in [-0.25, -0.2) is 15.0 Å². The summed E-state index contributed by atoms with van der Waals surface area (Å²) in [6, 6.07) is 54.9. The van der Waals surface area contributed by atoms with E-state index in [0.29, 0.717) is 17.5 Å². The molecule has 0 amide bonds. The normalized spacial score (nSPS) is 11.5. The van der Waals surface area contributed by atoms with Crippen LogP contribution in [0.3, 0.4) is 0 Å². The average molecular weight is 607 g/mol. The molecule has 6 aromatic carbocycles. The van der Waals surface area contributed by atoms with Gasteiger partial charge in [-0.15, -0.1) is 11.3 Å². The number of hydrogen-bond acceptors (Lipinski definition) is 4. The van der Waals surface area contributed by atoms with E-state index in [4.69, 9.17) is 15.0 Å². The van der Waals surface area contributed by atoms with E-state index < -0.39 is 0 Å². The van der Waals surface area contributed by atoms with Gasteiger partial charge in [0.25, 0.3) is 0 Å².